The second-order valence-electron chi connectivity index (χ2n) is 6.03. The molecule has 0 heterocycles. The number of carboxylic acid groups (broad SMARTS) is 2. The third kappa shape index (κ3) is 13.2. The van der Waals surface area contributed by atoms with E-state index in [0.29, 0.717) is 4.48 Å². The second kappa shape index (κ2) is 8.71. The summed E-state index contributed by atoms with van der Waals surface area (Å²) < 4.78 is 0.309. The highest BCUT2D eigenvalue weighted by Crippen LogP contribution is 2.15. The maximum atomic E-state index is 11.1. The Morgan fingerprint density at radius 3 is 1.81 bits per heavy atom. The third-order valence-electron chi connectivity index (χ3n) is 2.30. The van der Waals surface area contributed by atoms with Gasteiger partial charge in [-0.3, -0.25) is 9.59 Å². The number of carbonyl (C=O) groups excluding carboxylic acids is 2. The summed E-state index contributed by atoms with van der Waals surface area (Å²) in [5.74, 6) is -2.93. The number of rotatable bonds is 7. The maximum Gasteiger partial charge on any atom is 0.305 e. The molecule has 0 saturated carbocycles. The number of aliphatic hydroxyl groups excluding tert-OH is 1. The molecule has 0 aromatic carbocycles. The molecule has 0 saturated heterocycles. The van der Waals surface area contributed by atoms with Crippen molar-refractivity contribution in [1.82, 2.24) is 0 Å². The largest absolute Gasteiger partial charge is 0.550 e. The van der Waals surface area contributed by atoms with E-state index in [4.69, 9.17) is 10.2 Å². The van der Waals surface area contributed by atoms with Crippen LogP contribution in [0.2, 0.25) is 0 Å². The smallest absolute Gasteiger partial charge is 0.305 e. The zero-order chi connectivity index (χ0) is 17.4. The van der Waals surface area contributed by atoms with Gasteiger partial charge in [-0.15, -0.1) is 0 Å². The van der Waals surface area contributed by atoms with E-state index < -0.39 is 35.8 Å². The molecule has 0 aromatic heterocycles. The number of likely N-dealkylation sites (N-methyl/N-ethyl adjacent to an activating group) is 1. The molecule has 2 atom stereocenters. The molecule has 0 aromatic rings. The molecule has 8 heteroatoms. The summed E-state index contributed by atoms with van der Waals surface area (Å²) in [7, 11) is 5.30. The highest BCUT2D eigenvalue weighted by molar-refractivity contribution is 5.88. The lowest BCUT2D eigenvalue weighted by atomic mass is 9.94. The first-order valence-electron chi connectivity index (χ1n) is 6.33. The van der Waals surface area contributed by atoms with Crippen LogP contribution in [0.1, 0.15) is 26.7 Å². The summed E-state index contributed by atoms with van der Waals surface area (Å²) in [5, 5.41) is 36.4. The minimum Gasteiger partial charge on any atom is -0.550 e. The van der Waals surface area contributed by atoms with Crippen LogP contribution in [0.15, 0.2) is 0 Å². The standard InChI is InChI=1S/C9H17NO4.C4H8O3/c1-7(11)9(14,5-8(12)13)6-10(2,3)4;1-3(5)2-4(6)7/h14H,5-6H2,1-4H3;3,5H,2H2,1H3,(H,6,7)/t9-;/m1./s1. The zero-order valence-electron chi connectivity index (χ0n) is 13.1. The topological polar surface area (TPSA) is 135 Å². The average molecular weight is 307 g/mol. The van der Waals surface area contributed by atoms with E-state index >= 15 is 0 Å². The Labute approximate surface area is 124 Å². The molecular weight excluding hydrogens is 282 g/mol. The van der Waals surface area contributed by atoms with Crippen LogP contribution in [-0.4, -0.2) is 76.9 Å². The van der Waals surface area contributed by atoms with E-state index in [9.17, 15) is 24.6 Å². The van der Waals surface area contributed by atoms with Gasteiger partial charge in [0.15, 0.2) is 11.4 Å². The van der Waals surface area contributed by atoms with Gasteiger partial charge < -0.3 is 29.7 Å². The Balaban J connectivity index is 0. The predicted molar refractivity (Wildman–Crippen MR) is 72.1 cm³/mol. The lowest BCUT2D eigenvalue weighted by Gasteiger charge is -2.34. The number of Topliss-reactive ketones (excluding diaryl/α,β-unsaturated/α-hetero) is 1. The zero-order valence-corrected chi connectivity index (χ0v) is 13.1. The second-order valence-corrected chi connectivity index (χ2v) is 6.03. The Morgan fingerprint density at radius 1 is 1.24 bits per heavy atom. The summed E-state index contributed by atoms with van der Waals surface area (Å²) in [6.07, 6.45) is -1.55. The predicted octanol–water partition coefficient (Wildman–Crippen LogP) is -2.01. The minimum atomic E-state index is -1.82. The molecule has 0 radical (unpaired) electrons. The molecule has 1 unspecified atom stereocenters. The first-order chi connectivity index (χ1) is 9.19. The van der Waals surface area contributed by atoms with Gasteiger partial charge in [0.05, 0.1) is 33.7 Å². The molecule has 124 valence electrons. The molecule has 3 N–H and O–H groups in total. The van der Waals surface area contributed by atoms with Crippen LogP contribution in [0.3, 0.4) is 0 Å². The van der Waals surface area contributed by atoms with Crippen LogP contribution in [0.25, 0.3) is 0 Å². The molecule has 0 aliphatic carbocycles. The van der Waals surface area contributed by atoms with Crippen LogP contribution >= 0.6 is 0 Å². The molecule has 0 amide bonds. The molecule has 21 heavy (non-hydrogen) atoms. The van der Waals surface area contributed by atoms with E-state index in [2.05, 4.69) is 0 Å². The maximum absolute atomic E-state index is 11.1. The summed E-state index contributed by atoms with van der Waals surface area (Å²) in [6.45, 7) is 2.67. The van der Waals surface area contributed by atoms with E-state index in [1.54, 1.807) is 21.1 Å². The number of nitrogens with zero attached hydrogens (tertiary/aromatic N) is 1. The lowest BCUT2D eigenvalue weighted by Crippen LogP contribution is -2.55. The fourth-order valence-electron chi connectivity index (χ4n) is 1.57. The van der Waals surface area contributed by atoms with Crippen LogP contribution in [0, 0.1) is 0 Å². The van der Waals surface area contributed by atoms with Crippen molar-refractivity contribution in [2.75, 3.05) is 27.7 Å². The number of aliphatic carboxylic acids is 2. The number of hydrogen-bond donors (Lipinski definition) is 3. The Kier molecular flexibility index (Phi) is 9.03. The first-order valence-corrected chi connectivity index (χ1v) is 6.33. The van der Waals surface area contributed by atoms with Gasteiger partial charge in [0.2, 0.25) is 0 Å². The van der Waals surface area contributed by atoms with Gasteiger partial charge in [-0.05, 0) is 13.8 Å². The molecule has 0 spiro atoms. The summed E-state index contributed by atoms with van der Waals surface area (Å²) in [6, 6.07) is 0. The van der Waals surface area contributed by atoms with Crippen molar-refractivity contribution in [3.05, 3.63) is 0 Å². The van der Waals surface area contributed by atoms with Crippen molar-refractivity contribution in [3.63, 3.8) is 0 Å². The molecular formula is C13H25NO7. The normalized spacial score (nSPS) is 15.2. The number of carbonyl (C=O) groups is 3. The molecule has 0 bridgehead atoms. The van der Waals surface area contributed by atoms with E-state index in [1.807, 2.05) is 0 Å². The number of aliphatic hydroxyl groups is 2. The highest BCUT2D eigenvalue weighted by Gasteiger charge is 2.38. The number of quaternary nitrogens is 1. The summed E-state index contributed by atoms with van der Waals surface area (Å²) in [5.41, 5.74) is -1.82. The van der Waals surface area contributed by atoms with Gasteiger partial charge in [-0.1, -0.05) is 0 Å². The minimum absolute atomic E-state index is 0.0519. The van der Waals surface area contributed by atoms with Crippen molar-refractivity contribution in [2.45, 2.75) is 38.4 Å². The van der Waals surface area contributed by atoms with Crippen LogP contribution in [-0.2, 0) is 14.4 Å². The van der Waals surface area contributed by atoms with Gasteiger partial charge in [-0.2, -0.15) is 0 Å². The number of ketones is 1. The molecule has 0 aliphatic heterocycles. The fraction of sp³-hybridized carbons (Fsp3) is 0.769. The van der Waals surface area contributed by atoms with Gasteiger partial charge in [0.1, 0.15) is 6.54 Å². The van der Waals surface area contributed by atoms with Crippen LogP contribution in [0.4, 0.5) is 0 Å². The number of hydrogen-bond acceptors (Lipinski definition) is 6. The van der Waals surface area contributed by atoms with Crippen LogP contribution in [0.5, 0.6) is 0 Å². The fourth-order valence-corrected chi connectivity index (χ4v) is 1.57. The van der Waals surface area contributed by atoms with Gasteiger partial charge in [-0.25, -0.2) is 0 Å². The van der Waals surface area contributed by atoms with E-state index in [1.165, 1.54) is 13.8 Å². The van der Waals surface area contributed by atoms with Crippen molar-refractivity contribution in [2.24, 2.45) is 0 Å². The van der Waals surface area contributed by atoms with Crippen LogP contribution < -0.4 is 5.11 Å². The third-order valence-corrected chi connectivity index (χ3v) is 2.30. The summed E-state index contributed by atoms with van der Waals surface area (Å²) >= 11 is 0. The molecule has 8 nitrogen and oxygen atoms in total. The van der Waals surface area contributed by atoms with E-state index in [0.717, 1.165) is 0 Å². The van der Waals surface area contributed by atoms with Gasteiger partial charge >= 0.3 is 5.97 Å². The first kappa shape index (κ1) is 21.8. The van der Waals surface area contributed by atoms with Gasteiger partial charge in [0.25, 0.3) is 0 Å². The lowest BCUT2D eigenvalue weighted by molar-refractivity contribution is -0.875. The Hall–Kier alpha value is -1.51. The van der Waals surface area contributed by atoms with Crippen molar-refractivity contribution in [1.29, 1.82) is 0 Å². The van der Waals surface area contributed by atoms with E-state index in [-0.39, 0.29) is 13.0 Å². The molecule has 0 aliphatic rings. The monoisotopic (exact) mass is 307 g/mol. The Morgan fingerprint density at radius 2 is 1.67 bits per heavy atom. The number of carboxylic acids is 2. The van der Waals surface area contributed by atoms with Crippen molar-refractivity contribution < 1.29 is 39.3 Å². The Bertz CT molecular complexity index is 373. The van der Waals surface area contributed by atoms with Gasteiger partial charge in [0, 0.05) is 12.4 Å². The highest BCUT2D eigenvalue weighted by atomic mass is 16.4. The molecule has 0 fully saturated rings. The average Bonchev–Trinajstić information content (AvgIpc) is 2.10. The summed E-state index contributed by atoms with van der Waals surface area (Å²) in [4.78, 5) is 31.2. The SMILES string of the molecule is CC(=O)[C@@](O)(CC(=O)[O-])C[N+](C)(C)C.CC(O)CC(=O)O. The van der Waals surface area contributed by atoms with Crippen molar-refractivity contribution >= 4 is 17.7 Å². The molecule has 0 rings (SSSR count). The quantitative estimate of drug-likeness (QED) is 0.463. The van der Waals surface area contributed by atoms with Crippen molar-refractivity contribution in [3.8, 4) is 0 Å².